The molecule has 8 heteroatoms. The number of rotatable bonds is 5. The summed E-state index contributed by atoms with van der Waals surface area (Å²) in [6, 6.07) is 9.06. The van der Waals surface area contributed by atoms with Crippen LogP contribution in [0.4, 0.5) is 11.6 Å². The molecule has 0 bridgehead atoms. The topological polar surface area (TPSA) is 76.1 Å². The van der Waals surface area contributed by atoms with Crippen molar-refractivity contribution < 1.29 is 9.53 Å². The monoisotopic (exact) mass is 382 g/mol. The van der Waals surface area contributed by atoms with Crippen LogP contribution in [-0.2, 0) is 0 Å². The molecule has 0 aliphatic heterocycles. The number of hydrogen-bond acceptors (Lipinski definition) is 5. The van der Waals surface area contributed by atoms with Crippen molar-refractivity contribution in [2.24, 2.45) is 0 Å². The molecule has 3 rings (SSSR count). The van der Waals surface area contributed by atoms with E-state index in [4.69, 9.17) is 16.3 Å². The van der Waals surface area contributed by atoms with Gasteiger partial charge in [-0.25, -0.2) is 9.97 Å². The number of hydrogen-bond donors (Lipinski definition) is 2. The van der Waals surface area contributed by atoms with Gasteiger partial charge in [-0.1, -0.05) is 17.1 Å². The number of anilines is 2. The lowest BCUT2D eigenvalue weighted by Gasteiger charge is -2.12. The van der Waals surface area contributed by atoms with Crippen molar-refractivity contribution >= 4 is 53.4 Å². The van der Waals surface area contributed by atoms with E-state index in [-0.39, 0.29) is 11.9 Å². The first-order chi connectivity index (χ1) is 12.9. The average molecular weight is 383 g/mol. The van der Waals surface area contributed by atoms with E-state index in [1.807, 2.05) is 39.9 Å². The molecule has 2 aromatic carbocycles. The van der Waals surface area contributed by atoms with E-state index in [0.717, 1.165) is 16.5 Å². The molecule has 138 valence electrons. The summed E-state index contributed by atoms with van der Waals surface area (Å²) in [4.78, 5) is 20.9. The zero-order chi connectivity index (χ0) is 19.6. The molecule has 0 aliphatic rings. The fourth-order valence-electron chi connectivity index (χ4n) is 2.67. The summed E-state index contributed by atoms with van der Waals surface area (Å²) in [5.41, 5.74) is 2.91. The molecule has 0 saturated heterocycles. The predicted octanol–water partition coefficient (Wildman–Crippen LogP) is 2.43. The van der Waals surface area contributed by atoms with E-state index < -0.39 is 0 Å². The minimum absolute atomic E-state index is 0.0896. The second-order valence-electron chi connectivity index (χ2n) is 6.50. The van der Waals surface area contributed by atoms with Gasteiger partial charge in [0.25, 0.3) is 5.91 Å². The first-order valence-electron chi connectivity index (χ1n) is 8.57. The maximum atomic E-state index is 12.0. The van der Waals surface area contributed by atoms with Gasteiger partial charge in [0.05, 0.1) is 7.11 Å². The van der Waals surface area contributed by atoms with E-state index in [9.17, 15) is 4.79 Å². The molecule has 1 aromatic heterocycles. The molecule has 2 N–H and O–H groups in total. The van der Waals surface area contributed by atoms with Crippen molar-refractivity contribution in [3.05, 3.63) is 47.1 Å². The Balaban J connectivity index is 1.86. The van der Waals surface area contributed by atoms with Gasteiger partial charge in [0.2, 0.25) is 5.95 Å². The largest absolute Gasteiger partial charge is 0.494 e. The molecule has 0 saturated carbocycles. The second-order valence-corrected chi connectivity index (χ2v) is 6.87. The number of carbonyl (C=O) groups is 1. The zero-order valence-electron chi connectivity index (χ0n) is 15.6. The smallest absolute Gasteiger partial charge is 0.251 e. The molecule has 6 nitrogen and oxygen atoms in total. The number of amides is 1. The number of halogens is 1. The maximum absolute atomic E-state index is 12.0. The molecule has 0 radical (unpaired) electrons. The summed E-state index contributed by atoms with van der Waals surface area (Å²) in [6.07, 6.45) is 1.67. The standard InChI is InChI=1S/C19H20BClN4O2/c1-10(2)23-18(26)11-4-6-12(7-5-11)24-19-22-9-13-16(21)14(20)8-15(27-3)17(13)25-19/h4-10H,20H2,1-3H3,(H,23,26)(H,22,24,25). The molecular formula is C19H20BClN4O2. The number of carbonyl (C=O) groups excluding carboxylic acids is 1. The first-order valence-corrected chi connectivity index (χ1v) is 8.94. The highest BCUT2D eigenvalue weighted by atomic mass is 35.5. The predicted molar refractivity (Wildman–Crippen MR) is 112 cm³/mol. The molecule has 1 heterocycles. The van der Waals surface area contributed by atoms with Gasteiger partial charge >= 0.3 is 0 Å². The number of benzene rings is 2. The molecule has 0 atom stereocenters. The lowest BCUT2D eigenvalue weighted by Crippen LogP contribution is -2.29. The van der Waals surface area contributed by atoms with Gasteiger partial charge in [0, 0.05) is 33.9 Å². The van der Waals surface area contributed by atoms with Gasteiger partial charge in [0.15, 0.2) is 0 Å². The second kappa shape index (κ2) is 7.84. The van der Waals surface area contributed by atoms with E-state index in [0.29, 0.717) is 27.8 Å². The van der Waals surface area contributed by atoms with Crippen molar-refractivity contribution in [3.8, 4) is 5.75 Å². The van der Waals surface area contributed by atoms with Gasteiger partial charge in [-0.2, -0.15) is 0 Å². The molecule has 1 amide bonds. The summed E-state index contributed by atoms with van der Waals surface area (Å²) < 4.78 is 5.42. The Hall–Kier alpha value is -2.80. The lowest BCUT2D eigenvalue weighted by atomic mass is 9.94. The molecule has 0 unspecified atom stereocenters. The van der Waals surface area contributed by atoms with Crippen LogP contribution in [-0.4, -0.2) is 36.9 Å². The van der Waals surface area contributed by atoms with Crippen molar-refractivity contribution in [3.63, 3.8) is 0 Å². The Morgan fingerprint density at radius 3 is 2.59 bits per heavy atom. The molecule has 0 spiro atoms. The van der Waals surface area contributed by atoms with Crippen molar-refractivity contribution in [1.82, 2.24) is 15.3 Å². The van der Waals surface area contributed by atoms with Crippen LogP contribution in [0.2, 0.25) is 5.02 Å². The third kappa shape index (κ3) is 4.14. The number of ether oxygens (including phenoxy) is 1. The summed E-state index contributed by atoms with van der Waals surface area (Å²) in [7, 11) is 3.51. The number of aromatic nitrogens is 2. The highest BCUT2D eigenvalue weighted by molar-refractivity contribution is 6.48. The number of fused-ring (bicyclic) bond motifs is 1. The SMILES string of the molecule is Bc1cc(OC)c2nc(Nc3ccc(C(=O)NC(C)C)cc3)ncc2c1Cl. The van der Waals surface area contributed by atoms with Crippen molar-refractivity contribution in [2.75, 3.05) is 12.4 Å². The summed E-state index contributed by atoms with van der Waals surface area (Å²) in [5.74, 6) is 0.950. The van der Waals surface area contributed by atoms with Crippen LogP contribution < -0.4 is 20.8 Å². The molecular weight excluding hydrogens is 363 g/mol. The normalized spacial score (nSPS) is 10.9. The van der Waals surface area contributed by atoms with Crippen LogP contribution in [0, 0.1) is 0 Å². The van der Waals surface area contributed by atoms with E-state index >= 15 is 0 Å². The molecule has 27 heavy (non-hydrogen) atoms. The fraction of sp³-hybridized carbons (Fsp3) is 0.211. The van der Waals surface area contributed by atoms with Gasteiger partial charge < -0.3 is 15.4 Å². The van der Waals surface area contributed by atoms with Crippen LogP contribution in [0.3, 0.4) is 0 Å². The Kier molecular flexibility index (Phi) is 5.51. The minimum Gasteiger partial charge on any atom is -0.494 e. The van der Waals surface area contributed by atoms with Crippen LogP contribution in [0.25, 0.3) is 10.9 Å². The van der Waals surface area contributed by atoms with Gasteiger partial charge in [-0.05, 0) is 44.2 Å². The number of nitrogens with zero attached hydrogens (tertiary/aromatic N) is 2. The first kappa shape index (κ1) is 19.0. The third-order valence-electron chi connectivity index (χ3n) is 4.00. The van der Waals surface area contributed by atoms with Crippen LogP contribution >= 0.6 is 11.6 Å². The highest BCUT2D eigenvalue weighted by Crippen LogP contribution is 2.29. The molecule has 3 aromatic rings. The third-order valence-corrected chi connectivity index (χ3v) is 4.50. The number of nitrogens with one attached hydrogen (secondary N) is 2. The van der Waals surface area contributed by atoms with Crippen molar-refractivity contribution in [1.29, 1.82) is 0 Å². The van der Waals surface area contributed by atoms with E-state index in [1.54, 1.807) is 25.4 Å². The summed E-state index contributed by atoms with van der Waals surface area (Å²) >= 11 is 6.36. The van der Waals surface area contributed by atoms with E-state index in [1.165, 1.54) is 0 Å². The maximum Gasteiger partial charge on any atom is 0.251 e. The fourth-order valence-corrected chi connectivity index (χ4v) is 2.86. The van der Waals surface area contributed by atoms with Gasteiger partial charge in [-0.15, -0.1) is 0 Å². The Morgan fingerprint density at radius 1 is 1.26 bits per heavy atom. The quantitative estimate of drug-likeness (QED) is 0.663. The van der Waals surface area contributed by atoms with E-state index in [2.05, 4.69) is 20.6 Å². The average Bonchev–Trinajstić information content (AvgIpc) is 2.64. The Labute approximate surface area is 163 Å². The highest BCUT2D eigenvalue weighted by Gasteiger charge is 2.12. The summed E-state index contributed by atoms with van der Waals surface area (Å²) in [5, 5.41) is 7.34. The van der Waals surface area contributed by atoms with Gasteiger partial charge in [-0.3, -0.25) is 4.79 Å². The molecule has 0 aliphatic carbocycles. The minimum atomic E-state index is -0.103. The van der Waals surface area contributed by atoms with Crippen LogP contribution in [0.5, 0.6) is 5.75 Å². The van der Waals surface area contributed by atoms with Crippen molar-refractivity contribution in [2.45, 2.75) is 19.9 Å². The lowest BCUT2D eigenvalue weighted by molar-refractivity contribution is 0.0943. The van der Waals surface area contributed by atoms with Crippen LogP contribution in [0.1, 0.15) is 24.2 Å². The Bertz CT molecular complexity index is 993. The summed E-state index contributed by atoms with van der Waals surface area (Å²) in [6.45, 7) is 3.85. The number of methoxy groups -OCH3 is 1. The molecule has 0 fully saturated rings. The zero-order valence-corrected chi connectivity index (χ0v) is 16.4. The van der Waals surface area contributed by atoms with Crippen LogP contribution in [0.15, 0.2) is 36.5 Å². The van der Waals surface area contributed by atoms with Gasteiger partial charge in [0.1, 0.15) is 19.1 Å². The Morgan fingerprint density at radius 2 is 1.96 bits per heavy atom.